The molecule has 0 radical (unpaired) electrons. The average molecular weight is 285 g/mol. The Bertz CT molecular complexity index is 3.90. The zero-order chi connectivity index (χ0) is 0. The van der Waals surface area contributed by atoms with Crippen molar-refractivity contribution in [2.24, 2.45) is 0 Å². The summed E-state index contributed by atoms with van der Waals surface area (Å²) in [6, 6.07) is 0. The van der Waals surface area contributed by atoms with E-state index < -0.39 is 0 Å². The smallest absolute Gasteiger partial charge is 0 e. The summed E-state index contributed by atoms with van der Waals surface area (Å²) >= 11 is 0. The molecule has 0 aliphatic heterocycles. The molecule has 0 aromatic carbocycles. The van der Waals surface area contributed by atoms with Crippen molar-refractivity contribution in [3.05, 3.63) is 0 Å². The zero-order valence-corrected chi connectivity index (χ0v) is 5.09. The topological polar surface area (TPSA) is 158 Å². The van der Waals surface area contributed by atoms with Crippen LogP contribution in [0.25, 0.3) is 0 Å². The largest absolute Gasteiger partial charge is 0.412 e. The molecule has 0 heterocycles. The Hall–Kier alpha value is 0.488. The molecule has 0 bridgehead atoms. The Morgan fingerprint density at radius 1 is 0.333 bits per heavy atom. The first kappa shape index (κ1) is 820. The van der Waals surface area contributed by atoms with Crippen molar-refractivity contribution < 1.29 is 48.4 Å². The molecule has 6 heavy (non-hydrogen) atoms. The fourth-order valence-corrected chi connectivity index (χ4v) is 0. The molecule has 10 N–H and O–H groups in total. The fraction of sp³-hybridized carbons (Fsp3) is 0. The molecule has 0 fully saturated rings. The molecule has 6 heteroatoms. The maximum absolute atomic E-state index is 0. The van der Waals surface area contributed by atoms with Crippen LogP contribution in [-0.2, 0) is 21.1 Å². The first-order valence-corrected chi connectivity index (χ1v) is 0. The summed E-state index contributed by atoms with van der Waals surface area (Å²) in [5.41, 5.74) is 0. The van der Waals surface area contributed by atoms with Gasteiger partial charge in [-0.2, -0.15) is 0 Å². The van der Waals surface area contributed by atoms with Crippen LogP contribution in [0.4, 0.5) is 0 Å². The maximum Gasteiger partial charge on any atom is 0 e. The molecule has 50 valence electrons. The first-order chi connectivity index (χ1) is 0. The van der Waals surface area contributed by atoms with Gasteiger partial charge in [-0.1, -0.05) is 0 Å². The average Bonchev–Trinajstić information content (AvgIpc) is 0. The third-order valence-corrected chi connectivity index (χ3v) is 0. The first-order valence-electron chi connectivity index (χ1n) is 0. The predicted octanol–water partition coefficient (Wildman–Crippen LogP) is -4.13. The van der Waals surface area contributed by atoms with Gasteiger partial charge in [0.15, 0.2) is 0 Å². The number of hydrogen-bond acceptors (Lipinski definition) is 0. The van der Waals surface area contributed by atoms with Gasteiger partial charge in [0.25, 0.3) is 0 Å². The summed E-state index contributed by atoms with van der Waals surface area (Å²) < 4.78 is 0. The van der Waals surface area contributed by atoms with E-state index in [4.69, 9.17) is 0 Å². The third-order valence-electron chi connectivity index (χ3n) is 0. The quantitative estimate of drug-likeness (QED) is 0.423. The maximum atomic E-state index is 0. The predicted molar refractivity (Wildman–Crippen MR) is 18.1 cm³/mol. The standard InChI is InChI=1S/5H2O.Pt/h5*1H2;. The van der Waals surface area contributed by atoms with E-state index in [0.717, 1.165) is 0 Å². The summed E-state index contributed by atoms with van der Waals surface area (Å²) in [4.78, 5) is 0. The van der Waals surface area contributed by atoms with Gasteiger partial charge < -0.3 is 27.4 Å². The fourth-order valence-electron chi connectivity index (χ4n) is 0. The van der Waals surface area contributed by atoms with Gasteiger partial charge in [0.05, 0.1) is 0 Å². The van der Waals surface area contributed by atoms with E-state index >= 15 is 0 Å². The van der Waals surface area contributed by atoms with Crippen LogP contribution in [0.15, 0.2) is 0 Å². The second-order valence-electron chi connectivity index (χ2n) is 0. The molecule has 0 aliphatic rings. The SMILES string of the molecule is O.O.O.O.O.[Pt]. The van der Waals surface area contributed by atoms with Crippen molar-refractivity contribution in [3.8, 4) is 0 Å². The van der Waals surface area contributed by atoms with Gasteiger partial charge in [0, 0.05) is 21.1 Å². The Kier molecular flexibility index (Phi) is 63300. The summed E-state index contributed by atoms with van der Waals surface area (Å²) in [6.45, 7) is 0. The van der Waals surface area contributed by atoms with Crippen molar-refractivity contribution in [2.75, 3.05) is 0 Å². The van der Waals surface area contributed by atoms with Gasteiger partial charge in [-0.05, 0) is 0 Å². The molecule has 0 aromatic rings. The van der Waals surface area contributed by atoms with E-state index in [1.807, 2.05) is 0 Å². The molecule has 0 aromatic heterocycles. The van der Waals surface area contributed by atoms with Crippen molar-refractivity contribution >= 4 is 0 Å². The van der Waals surface area contributed by atoms with Crippen LogP contribution < -0.4 is 0 Å². The normalized spacial score (nSPS) is 0. The van der Waals surface area contributed by atoms with Gasteiger partial charge in [0.2, 0.25) is 0 Å². The second kappa shape index (κ2) is 464. The second-order valence-corrected chi connectivity index (χ2v) is 0. The van der Waals surface area contributed by atoms with Crippen LogP contribution in [-0.4, -0.2) is 27.4 Å². The Morgan fingerprint density at radius 2 is 0.333 bits per heavy atom. The van der Waals surface area contributed by atoms with Crippen LogP contribution >= 0.6 is 0 Å². The van der Waals surface area contributed by atoms with E-state index in [0.29, 0.717) is 0 Å². The summed E-state index contributed by atoms with van der Waals surface area (Å²) in [5, 5.41) is 0. The molecule has 0 saturated heterocycles. The molecule has 0 amide bonds. The number of rotatable bonds is 0. The molecule has 0 unspecified atom stereocenters. The van der Waals surface area contributed by atoms with E-state index in [9.17, 15) is 0 Å². The van der Waals surface area contributed by atoms with Gasteiger partial charge in [0.1, 0.15) is 0 Å². The molecule has 0 saturated carbocycles. The number of hydrogen-bond donors (Lipinski definition) is 0. The molecule has 0 rings (SSSR count). The molecular weight excluding hydrogens is 275 g/mol. The van der Waals surface area contributed by atoms with E-state index in [1.54, 1.807) is 0 Å². The molecular formula is H10O5Pt. The molecule has 0 aliphatic carbocycles. The van der Waals surface area contributed by atoms with Crippen molar-refractivity contribution in [3.63, 3.8) is 0 Å². The van der Waals surface area contributed by atoms with Crippen LogP contribution in [0.5, 0.6) is 0 Å². The van der Waals surface area contributed by atoms with Gasteiger partial charge in [-0.15, -0.1) is 0 Å². The van der Waals surface area contributed by atoms with E-state index in [-0.39, 0.29) is 48.4 Å². The van der Waals surface area contributed by atoms with Crippen LogP contribution in [0.2, 0.25) is 0 Å². The van der Waals surface area contributed by atoms with Gasteiger partial charge in [-0.25, -0.2) is 0 Å². The summed E-state index contributed by atoms with van der Waals surface area (Å²) in [5.74, 6) is 0. The summed E-state index contributed by atoms with van der Waals surface area (Å²) in [6.07, 6.45) is 0. The molecule has 0 spiro atoms. The summed E-state index contributed by atoms with van der Waals surface area (Å²) in [7, 11) is 0. The molecule has 0 atom stereocenters. The van der Waals surface area contributed by atoms with E-state index in [1.165, 1.54) is 0 Å². The van der Waals surface area contributed by atoms with Crippen molar-refractivity contribution in [1.29, 1.82) is 0 Å². The zero-order valence-electron chi connectivity index (χ0n) is 2.82. The van der Waals surface area contributed by atoms with Crippen LogP contribution in [0.1, 0.15) is 0 Å². The minimum Gasteiger partial charge on any atom is -0.412 e. The van der Waals surface area contributed by atoms with E-state index in [2.05, 4.69) is 0 Å². The molecule has 5 nitrogen and oxygen atoms in total. The Morgan fingerprint density at radius 3 is 0.333 bits per heavy atom. The van der Waals surface area contributed by atoms with Crippen LogP contribution in [0.3, 0.4) is 0 Å². The van der Waals surface area contributed by atoms with Crippen molar-refractivity contribution in [2.45, 2.75) is 0 Å². The minimum atomic E-state index is 0. The van der Waals surface area contributed by atoms with Crippen molar-refractivity contribution in [1.82, 2.24) is 0 Å². The Balaban J connectivity index is 0. The van der Waals surface area contributed by atoms with Crippen LogP contribution in [0, 0.1) is 0 Å². The van der Waals surface area contributed by atoms with Gasteiger partial charge >= 0.3 is 0 Å². The monoisotopic (exact) mass is 285 g/mol. The minimum absolute atomic E-state index is 0. The third kappa shape index (κ3) is 229. The Labute approximate surface area is 49.2 Å². The van der Waals surface area contributed by atoms with Gasteiger partial charge in [-0.3, -0.25) is 0 Å².